The Kier molecular flexibility index (Phi) is 4.52. The van der Waals surface area contributed by atoms with Crippen molar-refractivity contribution in [2.24, 2.45) is 0 Å². The van der Waals surface area contributed by atoms with Gasteiger partial charge in [0, 0.05) is 50.6 Å². The van der Waals surface area contributed by atoms with Gasteiger partial charge >= 0.3 is 0 Å². The first kappa shape index (κ1) is 12.1. The smallest absolute Gasteiger partial charge is 0.202 e. The number of nitrogens with one attached hydrogen (secondary N) is 1. The van der Waals surface area contributed by atoms with Gasteiger partial charge in [0.2, 0.25) is 5.95 Å². The van der Waals surface area contributed by atoms with Gasteiger partial charge in [-0.25, -0.2) is 9.97 Å². The van der Waals surface area contributed by atoms with Crippen LogP contribution < -0.4 is 5.32 Å². The zero-order valence-electron chi connectivity index (χ0n) is 9.80. The Labute approximate surface area is 104 Å². The molecule has 0 saturated heterocycles. The van der Waals surface area contributed by atoms with Crippen LogP contribution in [0.15, 0.2) is 24.0 Å². The largest absolute Gasteiger partial charge is 0.383 e. The third-order valence-corrected chi connectivity index (χ3v) is 3.20. The van der Waals surface area contributed by atoms with Crippen LogP contribution in [0.3, 0.4) is 0 Å². The van der Waals surface area contributed by atoms with Crippen molar-refractivity contribution in [3.05, 3.63) is 29.0 Å². The Bertz CT molecular complexity index is 426. The summed E-state index contributed by atoms with van der Waals surface area (Å²) in [6, 6.07) is 0. The first-order valence-corrected chi connectivity index (χ1v) is 6.40. The number of hydrogen-bond donors (Lipinski definition) is 1. The van der Waals surface area contributed by atoms with Crippen molar-refractivity contribution in [3.63, 3.8) is 0 Å². The fourth-order valence-electron chi connectivity index (χ4n) is 1.50. The lowest BCUT2D eigenvalue weighted by Gasteiger charge is -2.08. The monoisotopic (exact) mass is 252 g/mol. The van der Waals surface area contributed by atoms with Gasteiger partial charge in [-0.1, -0.05) is 0 Å². The minimum absolute atomic E-state index is 0.692. The van der Waals surface area contributed by atoms with Crippen LogP contribution in [0.2, 0.25) is 0 Å². The number of rotatable bonds is 7. The molecular formula is C11H16N4OS. The number of imidazole rings is 1. The fraction of sp³-hybridized carbons (Fsp3) is 0.455. The van der Waals surface area contributed by atoms with E-state index in [2.05, 4.69) is 15.3 Å². The average molecular weight is 252 g/mol. The van der Waals surface area contributed by atoms with Crippen LogP contribution in [0.25, 0.3) is 0 Å². The summed E-state index contributed by atoms with van der Waals surface area (Å²) in [5.41, 5.74) is 0. The van der Waals surface area contributed by atoms with Crippen LogP contribution in [0.1, 0.15) is 5.01 Å². The molecule has 17 heavy (non-hydrogen) atoms. The highest BCUT2D eigenvalue weighted by molar-refractivity contribution is 7.09. The fourth-order valence-corrected chi connectivity index (χ4v) is 2.12. The Hall–Kier alpha value is -1.40. The molecule has 92 valence electrons. The van der Waals surface area contributed by atoms with E-state index in [4.69, 9.17) is 4.74 Å². The molecule has 0 amide bonds. The van der Waals surface area contributed by atoms with Gasteiger partial charge < -0.3 is 14.6 Å². The zero-order chi connectivity index (χ0) is 11.9. The van der Waals surface area contributed by atoms with E-state index < -0.39 is 0 Å². The van der Waals surface area contributed by atoms with Crippen molar-refractivity contribution in [1.29, 1.82) is 0 Å². The van der Waals surface area contributed by atoms with Crippen molar-refractivity contribution in [2.45, 2.75) is 13.0 Å². The molecule has 0 aliphatic heterocycles. The van der Waals surface area contributed by atoms with Crippen LogP contribution in [-0.4, -0.2) is 34.8 Å². The highest BCUT2D eigenvalue weighted by atomic mass is 32.1. The molecule has 2 rings (SSSR count). The molecule has 2 heterocycles. The van der Waals surface area contributed by atoms with Crippen molar-refractivity contribution in [1.82, 2.24) is 14.5 Å². The van der Waals surface area contributed by atoms with Gasteiger partial charge in [-0.2, -0.15) is 0 Å². The summed E-state index contributed by atoms with van der Waals surface area (Å²) in [6.07, 6.45) is 6.50. The number of hydrogen-bond acceptors (Lipinski definition) is 5. The van der Waals surface area contributed by atoms with Gasteiger partial charge in [0.25, 0.3) is 0 Å². The molecule has 0 radical (unpaired) electrons. The molecular weight excluding hydrogens is 236 g/mol. The van der Waals surface area contributed by atoms with E-state index in [-0.39, 0.29) is 0 Å². The molecule has 0 unspecified atom stereocenters. The quantitative estimate of drug-likeness (QED) is 0.814. The SMILES string of the molecule is COCCn1ccnc1NCCc1nccs1. The maximum absolute atomic E-state index is 5.05. The summed E-state index contributed by atoms with van der Waals surface area (Å²) >= 11 is 1.68. The maximum atomic E-state index is 5.05. The highest BCUT2D eigenvalue weighted by Gasteiger charge is 2.02. The summed E-state index contributed by atoms with van der Waals surface area (Å²) < 4.78 is 7.10. The average Bonchev–Trinajstić information content (AvgIpc) is 2.98. The van der Waals surface area contributed by atoms with Crippen LogP contribution in [0.4, 0.5) is 5.95 Å². The van der Waals surface area contributed by atoms with Gasteiger partial charge in [-0.15, -0.1) is 11.3 Å². The van der Waals surface area contributed by atoms with Gasteiger partial charge in [0.15, 0.2) is 0 Å². The first-order valence-electron chi connectivity index (χ1n) is 5.52. The number of nitrogens with zero attached hydrogens (tertiary/aromatic N) is 3. The molecule has 0 aliphatic rings. The van der Waals surface area contributed by atoms with E-state index in [0.717, 1.165) is 30.5 Å². The lowest BCUT2D eigenvalue weighted by atomic mass is 10.4. The Morgan fingerprint density at radius 2 is 2.35 bits per heavy atom. The van der Waals surface area contributed by atoms with Gasteiger partial charge in [-0.3, -0.25) is 0 Å². The van der Waals surface area contributed by atoms with E-state index in [9.17, 15) is 0 Å². The predicted octanol–water partition coefficient (Wildman–Crippen LogP) is 1.64. The van der Waals surface area contributed by atoms with E-state index in [1.165, 1.54) is 0 Å². The topological polar surface area (TPSA) is 52.0 Å². The lowest BCUT2D eigenvalue weighted by molar-refractivity contribution is 0.187. The maximum Gasteiger partial charge on any atom is 0.202 e. The third kappa shape index (κ3) is 3.54. The molecule has 0 atom stereocenters. The molecule has 6 heteroatoms. The minimum Gasteiger partial charge on any atom is -0.383 e. The molecule has 5 nitrogen and oxygen atoms in total. The second-order valence-electron chi connectivity index (χ2n) is 3.54. The minimum atomic E-state index is 0.692. The molecule has 0 spiro atoms. The summed E-state index contributed by atoms with van der Waals surface area (Å²) in [5, 5.41) is 6.44. The first-order chi connectivity index (χ1) is 8.40. The predicted molar refractivity (Wildman–Crippen MR) is 68.4 cm³/mol. The second kappa shape index (κ2) is 6.36. The van der Waals surface area contributed by atoms with Crippen molar-refractivity contribution in [2.75, 3.05) is 25.6 Å². The van der Waals surface area contributed by atoms with Crippen molar-refractivity contribution in [3.8, 4) is 0 Å². The molecule has 0 aliphatic carbocycles. The third-order valence-electron chi connectivity index (χ3n) is 2.36. The van der Waals surface area contributed by atoms with E-state index in [1.807, 2.05) is 22.3 Å². The lowest BCUT2D eigenvalue weighted by Crippen LogP contribution is -2.12. The summed E-state index contributed by atoms with van der Waals surface area (Å²) in [7, 11) is 1.70. The van der Waals surface area contributed by atoms with Crippen molar-refractivity contribution >= 4 is 17.3 Å². The van der Waals surface area contributed by atoms with E-state index in [0.29, 0.717) is 6.61 Å². The molecule has 0 saturated carbocycles. The highest BCUT2D eigenvalue weighted by Crippen LogP contribution is 2.07. The van der Waals surface area contributed by atoms with Gasteiger partial charge in [-0.05, 0) is 0 Å². The Morgan fingerprint density at radius 3 is 3.12 bits per heavy atom. The zero-order valence-corrected chi connectivity index (χ0v) is 10.6. The van der Waals surface area contributed by atoms with E-state index in [1.54, 1.807) is 24.6 Å². The molecule has 0 bridgehead atoms. The van der Waals surface area contributed by atoms with Crippen molar-refractivity contribution < 1.29 is 4.74 Å². The number of ether oxygens (including phenoxy) is 1. The molecule has 2 aromatic rings. The normalized spacial score (nSPS) is 10.6. The number of thiazole rings is 1. The van der Waals surface area contributed by atoms with Crippen LogP contribution >= 0.6 is 11.3 Å². The number of aromatic nitrogens is 3. The van der Waals surface area contributed by atoms with E-state index >= 15 is 0 Å². The summed E-state index contributed by atoms with van der Waals surface area (Å²) in [6.45, 7) is 2.35. The number of methoxy groups -OCH3 is 1. The Balaban J connectivity index is 1.80. The summed E-state index contributed by atoms with van der Waals surface area (Å²) in [5.74, 6) is 0.888. The molecule has 2 aromatic heterocycles. The van der Waals surface area contributed by atoms with Crippen LogP contribution in [-0.2, 0) is 17.7 Å². The van der Waals surface area contributed by atoms with Gasteiger partial charge in [0.05, 0.1) is 11.6 Å². The van der Waals surface area contributed by atoms with Gasteiger partial charge in [0.1, 0.15) is 0 Å². The van der Waals surface area contributed by atoms with Crippen LogP contribution in [0.5, 0.6) is 0 Å². The number of anilines is 1. The molecule has 1 N–H and O–H groups in total. The second-order valence-corrected chi connectivity index (χ2v) is 4.52. The summed E-state index contributed by atoms with van der Waals surface area (Å²) in [4.78, 5) is 8.51. The standard InChI is InChI=1S/C11H16N4OS/c1-16-8-7-15-6-4-14-11(15)13-3-2-10-12-5-9-17-10/h4-6,9H,2-3,7-8H2,1H3,(H,13,14). The molecule has 0 aromatic carbocycles. The molecule has 0 fully saturated rings. The Morgan fingerprint density at radius 1 is 1.41 bits per heavy atom. The van der Waals surface area contributed by atoms with Crippen LogP contribution in [0, 0.1) is 0 Å².